The molecule has 1 unspecified atom stereocenters. The Balaban J connectivity index is 1.68. The number of esters is 2. The Labute approximate surface area is 229 Å². The summed E-state index contributed by atoms with van der Waals surface area (Å²) in [6, 6.07) is 14.6. The van der Waals surface area contributed by atoms with Crippen molar-refractivity contribution >= 4 is 17.8 Å². The predicted octanol–water partition coefficient (Wildman–Crippen LogP) is 5.12. The Morgan fingerprint density at radius 1 is 1.03 bits per heavy atom. The second-order valence-electron chi connectivity index (χ2n) is 10.7. The zero-order valence-electron chi connectivity index (χ0n) is 23.6. The molecule has 39 heavy (non-hydrogen) atoms. The number of fused-ring (bicyclic) bond motifs is 1. The van der Waals surface area contributed by atoms with E-state index in [-0.39, 0.29) is 18.5 Å². The number of nitrogens with zero attached hydrogens (tertiary/aromatic N) is 3. The molecule has 8 nitrogen and oxygen atoms in total. The van der Waals surface area contributed by atoms with Crippen molar-refractivity contribution in [1.29, 1.82) is 0 Å². The van der Waals surface area contributed by atoms with Gasteiger partial charge in [-0.05, 0) is 50.5 Å². The van der Waals surface area contributed by atoms with Crippen molar-refractivity contribution in [1.82, 2.24) is 14.5 Å². The van der Waals surface area contributed by atoms with E-state index in [1.165, 1.54) is 6.92 Å². The first kappa shape index (κ1) is 28.1. The Morgan fingerprint density at radius 2 is 1.72 bits per heavy atom. The van der Waals surface area contributed by atoms with Crippen LogP contribution < -0.4 is 0 Å². The van der Waals surface area contributed by atoms with E-state index in [9.17, 15) is 14.4 Å². The summed E-state index contributed by atoms with van der Waals surface area (Å²) in [5.41, 5.74) is 4.19. The average molecular weight is 532 g/mol. The number of imidazole rings is 1. The molecule has 1 aromatic heterocycles. The van der Waals surface area contributed by atoms with Gasteiger partial charge in [-0.1, -0.05) is 49.4 Å². The van der Waals surface area contributed by atoms with Crippen molar-refractivity contribution in [2.75, 3.05) is 13.2 Å². The van der Waals surface area contributed by atoms with E-state index in [4.69, 9.17) is 14.5 Å². The highest BCUT2D eigenvalue weighted by atomic mass is 16.6. The van der Waals surface area contributed by atoms with Crippen molar-refractivity contribution in [3.8, 4) is 11.1 Å². The molecule has 0 N–H and O–H groups in total. The minimum absolute atomic E-state index is 0.169. The van der Waals surface area contributed by atoms with Crippen LogP contribution in [0.1, 0.15) is 80.7 Å². The summed E-state index contributed by atoms with van der Waals surface area (Å²) in [5.74, 6) is -0.108. The second-order valence-corrected chi connectivity index (χ2v) is 10.7. The molecule has 0 fully saturated rings. The summed E-state index contributed by atoms with van der Waals surface area (Å²) >= 11 is 0. The van der Waals surface area contributed by atoms with Gasteiger partial charge in [0.15, 0.2) is 6.04 Å². The summed E-state index contributed by atoms with van der Waals surface area (Å²) in [5, 5.41) is 0. The molecule has 4 rings (SSSR count). The van der Waals surface area contributed by atoms with Crippen molar-refractivity contribution < 1.29 is 23.9 Å². The first-order chi connectivity index (χ1) is 18.5. The molecule has 8 heteroatoms. The van der Waals surface area contributed by atoms with Gasteiger partial charge in [-0.25, -0.2) is 14.6 Å². The number of aryl methyl sites for hydroxylation is 1. The van der Waals surface area contributed by atoms with Gasteiger partial charge in [-0.15, -0.1) is 0 Å². The van der Waals surface area contributed by atoms with Crippen LogP contribution in [0.4, 0.5) is 0 Å². The maximum Gasteiger partial charge on any atom is 0.339 e. The molecule has 0 radical (unpaired) electrons. The number of benzene rings is 2. The van der Waals surface area contributed by atoms with Gasteiger partial charge >= 0.3 is 11.9 Å². The van der Waals surface area contributed by atoms with E-state index in [2.05, 4.69) is 4.57 Å². The fraction of sp³-hybridized carbons (Fsp3) is 0.419. The number of hydrogen-bond acceptors (Lipinski definition) is 6. The third kappa shape index (κ3) is 6.05. The normalized spacial score (nSPS) is 15.0. The lowest BCUT2D eigenvalue weighted by molar-refractivity contribution is -0.155. The summed E-state index contributed by atoms with van der Waals surface area (Å²) < 4.78 is 13.0. The number of rotatable bonds is 7. The lowest BCUT2D eigenvalue weighted by Gasteiger charge is -2.34. The molecule has 206 valence electrons. The quantitative estimate of drug-likeness (QED) is 0.393. The molecule has 0 saturated heterocycles. The van der Waals surface area contributed by atoms with E-state index in [0.717, 1.165) is 33.9 Å². The molecular formula is C31H37N3O5. The molecular weight excluding hydrogens is 494 g/mol. The van der Waals surface area contributed by atoms with Crippen LogP contribution in [0.15, 0.2) is 48.5 Å². The van der Waals surface area contributed by atoms with Gasteiger partial charge in [0.25, 0.3) is 0 Å². The molecule has 1 aliphatic heterocycles. The number of amides is 1. The van der Waals surface area contributed by atoms with Crippen LogP contribution >= 0.6 is 0 Å². The Morgan fingerprint density at radius 3 is 2.33 bits per heavy atom. The fourth-order valence-corrected chi connectivity index (χ4v) is 5.02. The minimum atomic E-state index is -0.820. The molecule has 0 saturated carbocycles. The SMILES string of the molecule is CCOC(=O)C1c2c(nc(CC)n2Cc2ccc(-c3ccccc3C(=O)OC(C)(C)C)cc2)CCN1C(C)=O. The summed E-state index contributed by atoms with van der Waals surface area (Å²) in [4.78, 5) is 44.8. The van der Waals surface area contributed by atoms with Gasteiger partial charge in [0.05, 0.1) is 23.6 Å². The highest BCUT2D eigenvalue weighted by Gasteiger charge is 2.40. The fourth-order valence-electron chi connectivity index (χ4n) is 5.02. The first-order valence-electron chi connectivity index (χ1n) is 13.5. The van der Waals surface area contributed by atoms with E-state index < -0.39 is 17.6 Å². The highest BCUT2D eigenvalue weighted by Crippen LogP contribution is 2.33. The Bertz CT molecular complexity index is 1370. The lowest BCUT2D eigenvalue weighted by atomic mass is 9.98. The number of hydrogen-bond donors (Lipinski definition) is 0. The number of ether oxygens (including phenoxy) is 2. The van der Waals surface area contributed by atoms with Crippen molar-refractivity contribution in [3.63, 3.8) is 0 Å². The van der Waals surface area contributed by atoms with E-state index >= 15 is 0 Å². The second kappa shape index (κ2) is 11.4. The van der Waals surface area contributed by atoms with Gasteiger partial charge < -0.3 is 18.9 Å². The third-order valence-electron chi connectivity index (χ3n) is 6.70. The number of carbonyl (C=O) groups is 3. The maximum atomic E-state index is 13.1. The monoisotopic (exact) mass is 531 g/mol. The molecule has 1 atom stereocenters. The van der Waals surface area contributed by atoms with E-state index in [1.54, 1.807) is 17.9 Å². The van der Waals surface area contributed by atoms with E-state index in [1.807, 2.05) is 70.2 Å². The van der Waals surface area contributed by atoms with Crippen LogP contribution in [0.2, 0.25) is 0 Å². The number of carbonyl (C=O) groups excluding carboxylic acids is 3. The lowest BCUT2D eigenvalue weighted by Crippen LogP contribution is -2.44. The summed E-state index contributed by atoms with van der Waals surface area (Å²) in [6.07, 6.45) is 1.27. The van der Waals surface area contributed by atoms with Gasteiger partial charge in [-0.2, -0.15) is 0 Å². The smallest absolute Gasteiger partial charge is 0.339 e. The van der Waals surface area contributed by atoms with E-state index in [0.29, 0.717) is 31.5 Å². The van der Waals surface area contributed by atoms with Crippen LogP contribution in [0, 0.1) is 0 Å². The molecule has 3 aromatic rings. The summed E-state index contributed by atoms with van der Waals surface area (Å²) in [7, 11) is 0. The molecule has 0 bridgehead atoms. The van der Waals surface area contributed by atoms with Crippen molar-refractivity contribution in [2.24, 2.45) is 0 Å². The van der Waals surface area contributed by atoms with Gasteiger partial charge in [0.1, 0.15) is 11.4 Å². The van der Waals surface area contributed by atoms with Crippen LogP contribution in [0.25, 0.3) is 11.1 Å². The largest absolute Gasteiger partial charge is 0.464 e. The first-order valence-corrected chi connectivity index (χ1v) is 13.5. The number of aromatic nitrogens is 2. The van der Waals surface area contributed by atoms with Gasteiger partial charge in [-0.3, -0.25) is 4.79 Å². The molecule has 0 spiro atoms. The zero-order chi connectivity index (χ0) is 28.3. The van der Waals surface area contributed by atoms with Crippen molar-refractivity contribution in [3.05, 3.63) is 76.9 Å². The minimum Gasteiger partial charge on any atom is -0.464 e. The van der Waals surface area contributed by atoms with Crippen LogP contribution in [0.5, 0.6) is 0 Å². The topological polar surface area (TPSA) is 90.7 Å². The third-order valence-corrected chi connectivity index (χ3v) is 6.70. The molecule has 0 aliphatic carbocycles. The van der Waals surface area contributed by atoms with Gasteiger partial charge in [0.2, 0.25) is 5.91 Å². The Hall–Kier alpha value is -3.94. The summed E-state index contributed by atoms with van der Waals surface area (Å²) in [6.45, 7) is 12.0. The predicted molar refractivity (Wildman–Crippen MR) is 148 cm³/mol. The maximum absolute atomic E-state index is 13.1. The van der Waals surface area contributed by atoms with Crippen LogP contribution in [0.3, 0.4) is 0 Å². The van der Waals surface area contributed by atoms with Crippen molar-refractivity contribution in [2.45, 2.75) is 72.6 Å². The molecule has 1 aliphatic rings. The standard InChI is InChI=1S/C31H37N3O5/c1-7-26-32-25-17-18-33(20(3)35)28(30(37)38-8-2)27(25)34(26)19-21-13-15-22(16-14-21)23-11-9-10-12-24(23)29(36)39-31(4,5)6/h9-16,28H,7-8,17-19H2,1-6H3. The van der Waals surface area contributed by atoms with Crippen LogP contribution in [-0.2, 0) is 38.4 Å². The van der Waals surface area contributed by atoms with Gasteiger partial charge in [0, 0.05) is 32.9 Å². The molecule has 2 aromatic carbocycles. The average Bonchev–Trinajstić information content (AvgIpc) is 3.25. The molecule has 1 amide bonds. The Kier molecular flexibility index (Phi) is 8.23. The molecule has 2 heterocycles. The highest BCUT2D eigenvalue weighted by molar-refractivity contribution is 5.97. The zero-order valence-corrected chi connectivity index (χ0v) is 23.6. The van der Waals surface area contributed by atoms with Crippen LogP contribution in [-0.4, -0.2) is 51.0 Å².